The van der Waals surface area contributed by atoms with Crippen LogP contribution in [0.25, 0.3) is 0 Å². The molecule has 9 heteroatoms. The highest BCUT2D eigenvalue weighted by Gasteiger charge is 2.56. The summed E-state index contributed by atoms with van der Waals surface area (Å²) in [5.74, 6) is -0.766. The Balaban J connectivity index is 1.63. The standard InChI is InChI=1S/C26H32BrN3O4S/c1-15(2)16-12-17-18(13-19(16)27)25(3)6-5-7-26(4,24(32)33)21(25)14-20(17)30-34-10-8-28-22(31)23-29-9-11-35-23/h9,11-13,15,21H,5-8,10,14H2,1-4H3,(H,28,31)(H,32,33)/b30-20+/t21-,25-,26-/m1/s1. The average molecular weight is 563 g/mol. The molecule has 1 saturated carbocycles. The fraction of sp³-hybridized carbons (Fsp3) is 0.538. The van der Waals surface area contributed by atoms with E-state index < -0.39 is 11.4 Å². The summed E-state index contributed by atoms with van der Waals surface area (Å²) in [6.45, 7) is 8.91. The van der Waals surface area contributed by atoms with Gasteiger partial charge in [0.1, 0.15) is 6.61 Å². The monoisotopic (exact) mass is 561 g/mol. The molecule has 3 atom stereocenters. The summed E-state index contributed by atoms with van der Waals surface area (Å²) in [6.07, 6.45) is 4.60. The largest absolute Gasteiger partial charge is 0.481 e. The summed E-state index contributed by atoms with van der Waals surface area (Å²) < 4.78 is 1.04. The van der Waals surface area contributed by atoms with Crippen LogP contribution in [-0.2, 0) is 15.0 Å². The highest BCUT2D eigenvalue weighted by atomic mass is 79.9. The highest BCUT2D eigenvalue weighted by molar-refractivity contribution is 9.10. The maximum atomic E-state index is 12.4. The van der Waals surface area contributed by atoms with Crippen LogP contribution in [0.3, 0.4) is 0 Å². The molecule has 2 N–H and O–H groups in total. The molecule has 0 bridgehead atoms. The first-order valence-electron chi connectivity index (χ1n) is 12.0. The molecule has 1 heterocycles. The van der Waals surface area contributed by atoms with Crippen LogP contribution in [0, 0.1) is 11.3 Å². The quantitative estimate of drug-likeness (QED) is 0.332. The number of thiazole rings is 1. The van der Waals surface area contributed by atoms with Crippen molar-refractivity contribution in [2.45, 2.75) is 64.7 Å². The molecule has 0 radical (unpaired) electrons. The number of oxime groups is 1. The van der Waals surface area contributed by atoms with Gasteiger partial charge in [-0.3, -0.25) is 9.59 Å². The van der Waals surface area contributed by atoms with Crippen molar-refractivity contribution in [3.8, 4) is 0 Å². The number of carbonyl (C=O) groups is 2. The molecule has 2 aliphatic rings. The first-order chi connectivity index (χ1) is 16.6. The van der Waals surface area contributed by atoms with Crippen LogP contribution in [0.15, 0.2) is 33.3 Å². The van der Waals surface area contributed by atoms with E-state index in [-0.39, 0.29) is 23.8 Å². The highest BCUT2D eigenvalue weighted by Crippen LogP contribution is 2.58. The molecule has 1 fully saturated rings. The van der Waals surface area contributed by atoms with E-state index >= 15 is 0 Å². The second kappa shape index (κ2) is 10.0. The van der Waals surface area contributed by atoms with E-state index in [1.807, 2.05) is 6.92 Å². The lowest BCUT2D eigenvalue weighted by molar-refractivity contribution is -0.156. The zero-order chi connectivity index (χ0) is 25.4. The maximum absolute atomic E-state index is 12.4. The van der Waals surface area contributed by atoms with Crippen molar-refractivity contribution >= 4 is 44.9 Å². The van der Waals surface area contributed by atoms with Gasteiger partial charge < -0.3 is 15.3 Å². The Bertz CT molecular complexity index is 1150. The number of carboxylic acids is 1. The number of halogens is 1. The number of benzene rings is 1. The SMILES string of the molecule is CC(C)c1cc2c(cc1Br)[C@@]1(C)CCC[C@@](C)(C(=O)O)[C@@H]1C/C2=N\OCCNC(=O)c1nccs1. The Labute approximate surface area is 218 Å². The Hall–Kier alpha value is -2.26. The molecule has 1 aromatic heterocycles. The van der Waals surface area contributed by atoms with Gasteiger partial charge in [-0.2, -0.15) is 0 Å². The molecule has 0 spiro atoms. The van der Waals surface area contributed by atoms with Crippen molar-refractivity contribution in [1.82, 2.24) is 10.3 Å². The zero-order valence-corrected chi connectivity index (χ0v) is 23.0. The second-order valence-corrected chi connectivity index (χ2v) is 12.0. The van der Waals surface area contributed by atoms with Gasteiger partial charge in [0.15, 0.2) is 5.01 Å². The van der Waals surface area contributed by atoms with E-state index in [0.717, 1.165) is 34.2 Å². The van der Waals surface area contributed by atoms with Crippen molar-refractivity contribution in [3.05, 3.63) is 49.9 Å². The Morgan fingerprint density at radius 1 is 1.34 bits per heavy atom. The Kier molecular flexibility index (Phi) is 7.38. The molecule has 4 rings (SSSR count). The van der Waals surface area contributed by atoms with Gasteiger partial charge in [0.2, 0.25) is 0 Å². The topological polar surface area (TPSA) is 101 Å². The summed E-state index contributed by atoms with van der Waals surface area (Å²) >= 11 is 5.05. The second-order valence-electron chi connectivity index (χ2n) is 10.3. The van der Waals surface area contributed by atoms with E-state index in [9.17, 15) is 14.7 Å². The number of hydrogen-bond acceptors (Lipinski definition) is 6. The zero-order valence-electron chi connectivity index (χ0n) is 20.6. The molecular formula is C26H32BrN3O4S. The van der Waals surface area contributed by atoms with Gasteiger partial charge >= 0.3 is 5.97 Å². The predicted molar refractivity (Wildman–Crippen MR) is 140 cm³/mol. The molecular weight excluding hydrogens is 530 g/mol. The maximum Gasteiger partial charge on any atom is 0.309 e. The first kappa shape index (κ1) is 25.8. The average Bonchev–Trinajstić information content (AvgIpc) is 3.34. The minimum absolute atomic E-state index is 0.0995. The predicted octanol–water partition coefficient (Wildman–Crippen LogP) is 5.73. The minimum atomic E-state index is -0.837. The van der Waals surface area contributed by atoms with Crippen LogP contribution in [0.1, 0.15) is 85.8 Å². The summed E-state index contributed by atoms with van der Waals surface area (Å²) in [6, 6.07) is 4.36. The number of carbonyl (C=O) groups excluding carboxylic acids is 1. The number of hydrogen-bond donors (Lipinski definition) is 2. The van der Waals surface area contributed by atoms with Crippen molar-refractivity contribution in [1.29, 1.82) is 0 Å². The summed E-state index contributed by atoms with van der Waals surface area (Å²) in [5, 5.41) is 19.7. The number of nitrogens with zero attached hydrogens (tertiary/aromatic N) is 2. The van der Waals surface area contributed by atoms with Gasteiger partial charge in [0, 0.05) is 21.6 Å². The van der Waals surface area contributed by atoms with E-state index in [1.54, 1.807) is 11.6 Å². The fourth-order valence-electron chi connectivity index (χ4n) is 5.78. The Morgan fingerprint density at radius 2 is 2.11 bits per heavy atom. The fourth-order valence-corrected chi connectivity index (χ4v) is 7.13. The molecule has 2 aliphatic carbocycles. The van der Waals surface area contributed by atoms with Gasteiger partial charge in [0.25, 0.3) is 5.91 Å². The lowest BCUT2D eigenvalue weighted by atomic mass is 9.49. The number of amides is 1. The van der Waals surface area contributed by atoms with Gasteiger partial charge in [0.05, 0.1) is 17.7 Å². The van der Waals surface area contributed by atoms with Gasteiger partial charge in [-0.15, -0.1) is 11.3 Å². The number of fused-ring (bicyclic) bond motifs is 3. The van der Waals surface area contributed by atoms with Gasteiger partial charge in [-0.1, -0.05) is 48.3 Å². The first-order valence-corrected chi connectivity index (χ1v) is 13.7. The van der Waals surface area contributed by atoms with Crippen molar-refractivity contribution < 1.29 is 19.5 Å². The van der Waals surface area contributed by atoms with Crippen LogP contribution >= 0.6 is 27.3 Å². The van der Waals surface area contributed by atoms with Gasteiger partial charge in [-0.05, 0) is 66.7 Å². The van der Waals surface area contributed by atoms with Crippen LogP contribution in [-0.4, -0.2) is 40.8 Å². The van der Waals surface area contributed by atoms with Crippen LogP contribution in [0.4, 0.5) is 0 Å². The molecule has 0 aliphatic heterocycles. The third-order valence-electron chi connectivity index (χ3n) is 7.78. The molecule has 1 aromatic carbocycles. The molecule has 188 valence electrons. The van der Waals surface area contributed by atoms with E-state index in [2.05, 4.69) is 64.3 Å². The third kappa shape index (κ3) is 4.77. The molecule has 0 unspecified atom stereocenters. The number of nitrogens with one attached hydrogen (secondary N) is 1. The summed E-state index contributed by atoms with van der Waals surface area (Å²) in [4.78, 5) is 34.2. The van der Waals surface area contributed by atoms with E-state index in [0.29, 0.717) is 30.3 Å². The normalized spacial score (nSPS) is 26.8. The molecule has 1 amide bonds. The smallest absolute Gasteiger partial charge is 0.309 e. The summed E-state index contributed by atoms with van der Waals surface area (Å²) in [5.41, 5.74) is 3.03. The van der Waals surface area contributed by atoms with Crippen molar-refractivity contribution in [3.63, 3.8) is 0 Å². The summed E-state index contributed by atoms with van der Waals surface area (Å²) in [7, 11) is 0. The molecule has 2 aromatic rings. The Morgan fingerprint density at radius 3 is 2.77 bits per heavy atom. The van der Waals surface area contributed by atoms with Gasteiger partial charge in [-0.25, -0.2) is 4.98 Å². The number of rotatable bonds is 7. The lowest BCUT2D eigenvalue weighted by Gasteiger charge is -2.53. The molecule has 0 saturated heterocycles. The van der Waals surface area contributed by atoms with Crippen LogP contribution in [0.5, 0.6) is 0 Å². The molecule has 35 heavy (non-hydrogen) atoms. The minimum Gasteiger partial charge on any atom is -0.481 e. The number of carboxylic acid groups (broad SMARTS) is 1. The van der Waals surface area contributed by atoms with Crippen LogP contribution in [0.2, 0.25) is 0 Å². The van der Waals surface area contributed by atoms with Crippen molar-refractivity contribution in [2.24, 2.45) is 16.5 Å². The van der Waals surface area contributed by atoms with E-state index in [1.165, 1.54) is 16.9 Å². The number of aliphatic carboxylic acids is 1. The third-order valence-corrected chi connectivity index (χ3v) is 9.24. The molecule has 7 nitrogen and oxygen atoms in total. The lowest BCUT2D eigenvalue weighted by Crippen LogP contribution is -2.53. The van der Waals surface area contributed by atoms with Crippen LogP contribution < -0.4 is 5.32 Å². The number of aromatic nitrogens is 1. The van der Waals surface area contributed by atoms with E-state index in [4.69, 9.17) is 4.84 Å². The van der Waals surface area contributed by atoms with Crippen molar-refractivity contribution in [2.75, 3.05) is 13.2 Å².